The molecule has 1 unspecified atom stereocenters. The number of aromatic carboxylic acids is 1. The monoisotopic (exact) mass is 490 g/mol. The van der Waals surface area contributed by atoms with E-state index in [4.69, 9.17) is 11.5 Å². The summed E-state index contributed by atoms with van der Waals surface area (Å²) in [6.45, 7) is 1.74. The Morgan fingerprint density at radius 1 is 1.06 bits per heavy atom. The van der Waals surface area contributed by atoms with E-state index in [2.05, 4.69) is 11.2 Å². The van der Waals surface area contributed by atoms with Crippen molar-refractivity contribution in [3.05, 3.63) is 106 Å². The highest BCUT2D eigenvalue weighted by Gasteiger charge is 2.30. The molecule has 0 saturated carbocycles. The number of carbonyl (C=O) groups is 2. The number of benzene rings is 3. The van der Waals surface area contributed by atoms with Gasteiger partial charge in [-0.25, -0.2) is 4.79 Å². The molecule has 1 atom stereocenters. The molecule has 0 saturated heterocycles. The molecule has 0 radical (unpaired) electrons. The predicted octanol–water partition coefficient (Wildman–Crippen LogP) is 5.88. The minimum atomic E-state index is -4.50. The largest absolute Gasteiger partial charge is 0.478 e. The van der Waals surface area contributed by atoms with Gasteiger partial charge in [-0.15, -0.1) is 6.42 Å². The molecule has 1 aromatic heterocycles. The number of terminal acetylenes is 1. The van der Waals surface area contributed by atoms with Crippen molar-refractivity contribution in [1.82, 2.24) is 9.88 Å². The van der Waals surface area contributed by atoms with Crippen LogP contribution in [0.2, 0.25) is 0 Å². The summed E-state index contributed by atoms with van der Waals surface area (Å²) in [7, 11) is 0. The number of aromatic nitrogens is 1. The van der Waals surface area contributed by atoms with Crippen LogP contribution in [0.3, 0.4) is 0 Å². The summed E-state index contributed by atoms with van der Waals surface area (Å²) in [6, 6.07) is 17.6. The Morgan fingerprint density at radius 2 is 1.75 bits per heavy atom. The lowest BCUT2D eigenvalue weighted by atomic mass is 10.1. The van der Waals surface area contributed by atoms with Gasteiger partial charge in [0.15, 0.2) is 0 Å². The van der Waals surface area contributed by atoms with Crippen LogP contribution >= 0.6 is 0 Å². The molecule has 0 aliphatic heterocycles. The maximum atomic E-state index is 13.5. The second-order valence-corrected chi connectivity index (χ2v) is 8.29. The molecule has 4 aromatic rings. The van der Waals surface area contributed by atoms with Gasteiger partial charge in [0.2, 0.25) is 0 Å². The fraction of sp³-hybridized carbons (Fsp3) is 0.143. The minimum Gasteiger partial charge on any atom is -0.478 e. The first-order chi connectivity index (χ1) is 17.1. The van der Waals surface area contributed by atoms with Gasteiger partial charge in [-0.05, 0) is 48.4 Å². The number of carboxylic acids is 1. The summed E-state index contributed by atoms with van der Waals surface area (Å²) in [5, 5.41) is 12.6. The second kappa shape index (κ2) is 9.62. The third-order valence-corrected chi connectivity index (χ3v) is 5.93. The third kappa shape index (κ3) is 4.82. The summed E-state index contributed by atoms with van der Waals surface area (Å²) in [4.78, 5) is 24.6. The number of halogens is 3. The van der Waals surface area contributed by atoms with E-state index in [1.165, 1.54) is 18.2 Å². The van der Waals surface area contributed by atoms with Crippen LogP contribution in [0.15, 0.2) is 72.8 Å². The summed E-state index contributed by atoms with van der Waals surface area (Å²) in [6.07, 6.45) is 1.29. The number of fused-ring (bicyclic) bond motifs is 1. The molecule has 0 aliphatic carbocycles. The van der Waals surface area contributed by atoms with Crippen molar-refractivity contribution in [2.75, 3.05) is 0 Å². The minimum absolute atomic E-state index is 0.00342. The number of nitrogens with one attached hydrogen (secondary N) is 1. The molecular formula is C28H21F3N2O3. The van der Waals surface area contributed by atoms with Crippen molar-refractivity contribution in [3.63, 3.8) is 0 Å². The van der Waals surface area contributed by atoms with E-state index in [0.29, 0.717) is 27.6 Å². The van der Waals surface area contributed by atoms with Gasteiger partial charge in [-0.3, -0.25) is 4.79 Å². The molecule has 3 aromatic carbocycles. The van der Waals surface area contributed by atoms with Crippen molar-refractivity contribution in [3.8, 4) is 12.3 Å². The third-order valence-electron chi connectivity index (χ3n) is 5.93. The zero-order chi connectivity index (χ0) is 26.0. The number of amides is 1. The van der Waals surface area contributed by atoms with E-state index < -0.39 is 29.7 Å². The number of carboxylic acid groups (broad SMARTS) is 1. The molecule has 8 heteroatoms. The van der Waals surface area contributed by atoms with E-state index in [1.807, 2.05) is 0 Å². The number of hydrogen-bond acceptors (Lipinski definition) is 2. The Bertz CT molecular complexity index is 1500. The summed E-state index contributed by atoms with van der Waals surface area (Å²) < 4.78 is 41.4. The van der Waals surface area contributed by atoms with E-state index in [-0.39, 0.29) is 17.8 Å². The fourth-order valence-corrected chi connectivity index (χ4v) is 4.14. The Morgan fingerprint density at radius 3 is 2.39 bits per heavy atom. The normalized spacial score (nSPS) is 12.2. The topological polar surface area (TPSA) is 71.3 Å². The zero-order valence-electron chi connectivity index (χ0n) is 19.1. The van der Waals surface area contributed by atoms with Crippen LogP contribution in [-0.4, -0.2) is 21.6 Å². The summed E-state index contributed by atoms with van der Waals surface area (Å²) in [5.41, 5.74) is 1.49. The fourth-order valence-electron chi connectivity index (χ4n) is 4.14. The number of hydrogen-bond donors (Lipinski definition) is 2. The summed E-state index contributed by atoms with van der Waals surface area (Å²) in [5.74, 6) is 1.01. The highest BCUT2D eigenvalue weighted by Crippen LogP contribution is 2.31. The Hall–Kier alpha value is -4.51. The lowest BCUT2D eigenvalue weighted by molar-refractivity contribution is -0.137. The molecule has 5 nitrogen and oxygen atoms in total. The van der Waals surface area contributed by atoms with Crippen LogP contribution in [0.4, 0.5) is 13.2 Å². The van der Waals surface area contributed by atoms with Gasteiger partial charge in [-0.2, -0.15) is 13.2 Å². The van der Waals surface area contributed by atoms with Crippen LogP contribution in [0.25, 0.3) is 10.9 Å². The molecule has 0 bridgehead atoms. The maximum absolute atomic E-state index is 13.5. The molecule has 1 amide bonds. The Balaban J connectivity index is 1.74. The van der Waals surface area contributed by atoms with Crippen LogP contribution in [0.5, 0.6) is 0 Å². The van der Waals surface area contributed by atoms with Crippen molar-refractivity contribution in [2.24, 2.45) is 0 Å². The smallest absolute Gasteiger partial charge is 0.416 e. The Kier molecular flexibility index (Phi) is 6.58. The van der Waals surface area contributed by atoms with Gasteiger partial charge in [0.1, 0.15) is 5.69 Å². The van der Waals surface area contributed by atoms with Gasteiger partial charge in [0.05, 0.1) is 28.2 Å². The molecule has 4 rings (SSSR count). The van der Waals surface area contributed by atoms with Gasteiger partial charge in [-0.1, -0.05) is 48.4 Å². The second-order valence-electron chi connectivity index (χ2n) is 8.29. The van der Waals surface area contributed by atoms with Crippen molar-refractivity contribution in [2.45, 2.75) is 25.7 Å². The molecule has 0 spiro atoms. The van der Waals surface area contributed by atoms with Gasteiger partial charge in [0, 0.05) is 11.9 Å². The lowest BCUT2D eigenvalue weighted by Gasteiger charge is -2.17. The van der Waals surface area contributed by atoms with Crippen LogP contribution < -0.4 is 5.32 Å². The maximum Gasteiger partial charge on any atom is 0.416 e. The van der Waals surface area contributed by atoms with E-state index in [9.17, 15) is 22.8 Å². The highest BCUT2D eigenvalue weighted by molar-refractivity contribution is 6.03. The average Bonchev–Trinajstić information content (AvgIpc) is 3.17. The van der Waals surface area contributed by atoms with Crippen LogP contribution in [0.1, 0.15) is 56.1 Å². The number of rotatable bonds is 6. The molecule has 0 aliphatic rings. The van der Waals surface area contributed by atoms with Crippen molar-refractivity contribution >= 4 is 22.8 Å². The first kappa shape index (κ1) is 24.6. The van der Waals surface area contributed by atoms with Gasteiger partial charge < -0.3 is 15.0 Å². The van der Waals surface area contributed by atoms with Crippen molar-refractivity contribution in [1.29, 1.82) is 0 Å². The van der Waals surface area contributed by atoms with Crippen molar-refractivity contribution < 1.29 is 27.9 Å². The molecule has 2 N–H and O–H groups in total. The van der Waals surface area contributed by atoms with Gasteiger partial charge in [0.25, 0.3) is 5.91 Å². The molecule has 182 valence electrons. The lowest BCUT2D eigenvalue weighted by Crippen LogP contribution is -2.29. The zero-order valence-corrected chi connectivity index (χ0v) is 19.1. The van der Waals surface area contributed by atoms with E-state index in [0.717, 1.165) is 12.1 Å². The quantitative estimate of drug-likeness (QED) is 0.332. The standard InChI is InChI=1S/C28H21F3N2O3/c1-3-22-23-9-4-5-10-24(23)33(16-18-7-6-8-21(15-18)28(29,30)31)25(22)26(34)32-17(2)19-11-13-20(14-12-19)27(35)36/h1,4-15,17H,16H2,2H3,(H,32,34)(H,35,36). The number of carbonyl (C=O) groups excluding carboxylic acids is 1. The molecule has 1 heterocycles. The summed E-state index contributed by atoms with van der Waals surface area (Å²) >= 11 is 0. The van der Waals surface area contributed by atoms with Crippen LogP contribution in [0, 0.1) is 12.3 Å². The Labute approximate surface area is 205 Å². The first-order valence-corrected chi connectivity index (χ1v) is 11.0. The average molecular weight is 490 g/mol. The number of para-hydroxylation sites is 1. The van der Waals surface area contributed by atoms with E-state index >= 15 is 0 Å². The molecular weight excluding hydrogens is 469 g/mol. The molecule has 0 fully saturated rings. The highest BCUT2D eigenvalue weighted by atomic mass is 19.4. The molecule has 36 heavy (non-hydrogen) atoms. The van der Waals surface area contributed by atoms with E-state index in [1.54, 1.807) is 54.0 Å². The van der Waals surface area contributed by atoms with Gasteiger partial charge >= 0.3 is 12.1 Å². The number of alkyl halides is 3. The first-order valence-electron chi connectivity index (χ1n) is 11.0. The predicted molar refractivity (Wildman–Crippen MR) is 130 cm³/mol. The van der Waals surface area contributed by atoms with Crippen LogP contribution in [-0.2, 0) is 12.7 Å². The number of nitrogens with zero attached hydrogens (tertiary/aromatic N) is 1. The SMILES string of the molecule is C#Cc1c(C(=O)NC(C)c2ccc(C(=O)O)cc2)n(Cc2cccc(C(F)(F)F)c2)c2ccccc12.